The fraction of sp³-hybridized carbons (Fsp3) is 0.320. The molecular weight excluding hydrogens is 521 g/mol. The van der Waals surface area contributed by atoms with Crippen molar-refractivity contribution in [2.45, 2.75) is 33.0 Å². The number of amides is 1. The zero-order valence-corrected chi connectivity index (χ0v) is 22.4. The minimum Gasteiger partial charge on any atom is -0.365 e. The largest absolute Gasteiger partial charge is 0.421 e. The second-order valence-electron chi connectivity index (χ2n) is 8.35. The second-order valence-corrected chi connectivity index (χ2v) is 9.74. The normalized spacial score (nSPS) is 12.1. The summed E-state index contributed by atoms with van der Waals surface area (Å²) >= 11 is 0. The molecule has 0 bridgehead atoms. The molecule has 3 aromatic rings. The Kier molecular flexibility index (Phi) is 9.28. The van der Waals surface area contributed by atoms with E-state index in [0.29, 0.717) is 35.1 Å². The summed E-state index contributed by atoms with van der Waals surface area (Å²) in [4.78, 5) is 24.7. The van der Waals surface area contributed by atoms with Gasteiger partial charge in [0.25, 0.3) is 5.91 Å². The number of aryl methyl sites for hydroxylation is 2. The number of halogens is 3. The van der Waals surface area contributed by atoms with Crippen LogP contribution in [0.5, 0.6) is 0 Å². The molecule has 0 aliphatic heterocycles. The van der Waals surface area contributed by atoms with Gasteiger partial charge in [-0.1, -0.05) is 19.1 Å². The fourth-order valence-corrected chi connectivity index (χ4v) is 4.09. The lowest BCUT2D eigenvalue weighted by molar-refractivity contribution is -0.137. The van der Waals surface area contributed by atoms with Crippen LogP contribution in [0.25, 0.3) is 0 Å². The van der Waals surface area contributed by atoms with Gasteiger partial charge in [-0.2, -0.15) is 18.2 Å². The zero-order chi connectivity index (χ0) is 28.0. The van der Waals surface area contributed by atoms with E-state index in [1.54, 1.807) is 35.6 Å². The summed E-state index contributed by atoms with van der Waals surface area (Å²) < 4.78 is 54.9. The molecule has 9 nitrogen and oxygen atoms in total. The average molecular weight is 551 g/mol. The monoisotopic (exact) mass is 550 g/mol. The number of hydroxylamine groups is 1. The Labute approximate surface area is 221 Å². The number of benzene rings is 2. The maximum atomic E-state index is 13.8. The summed E-state index contributed by atoms with van der Waals surface area (Å²) in [6.45, 7) is 3.75. The second kappa shape index (κ2) is 12.2. The van der Waals surface area contributed by atoms with Crippen molar-refractivity contribution in [3.63, 3.8) is 0 Å². The molecule has 0 spiro atoms. The van der Waals surface area contributed by atoms with Gasteiger partial charge in [-0.3, -0.25) is 13.9 Å². The van der Waals surface area contributed by atoms with Crippen molar-refractivity contribution in [1.82, 2.24) is 15.4 Å². The third kappa shape index (κ3) is 6.98. The molecule has 1 unspecified atom stereocenters. The molecule has 1 amide bonds. The van der Waals surface area contributed by atoms with Gasteiger partial charge in [0.1, 0.15) is 22.4 Å². The third-order valence-electron chi connectivity index (χ3n) is 5.70. The SMILES string of the molecule is CCc1cc(C(=O)NOC)ccc1Nc1ncc(C(F)(F)F)c(NCc2ccc(C)cc2N(C)S(C)=O)n1. The Morgan fingerprint density at radius 3 is 2.53 bits per heavy atom. The quantitative estimate of drug-likeness (QED) is 0.313. The van der Waals surface area contributed by atoms with Crippen molar-refractivity contribution < 1.29 is 27.0 Å². The molecule has 38 heavy (non-hydrogen) atoms. The van der Waals surface area contributed by atoms with Gasteiger partial charge in [-0.15, -0.1) is 0 Å². The van der Waals surface area contributed by atoms with Crippen LogP contribution in [0.3, 0.4) is 0 Å². The first-order chi connectivity index (χ1) is 17.9. The van der Waals surface area contributed by atoms with Gasteiger partial charge < -0.3 is 10.6 Å². The first-order valence-corrected chi connectivity index (χ1v) is 13.0. The van der Waals surface area contributed by atoms with E-state index in [2.05, 4.69) is 30.9 Å². The van der Waals surface area contributed by atoms with Crippen molar-refractivity contribution in [1.29, 1.82) is 0 Å². The van der Waals surface area contributed by atoms with Crippen molar-refractivity contribution in [2.24, 2.45) is 0 Å². The molecule has 204 valence electrons. The molecule has 0 saturated heterocycles. The average Bonchev–Trinajstić information content (AvgIpc) is 2.87. The van der Waals surface area contributed by atoms with Crippen LogP contribution in [0.1, 0.15) is 39.5 Å². The number of aromatic nitrogens is 2. The topological polar surface area (TPSA) is 108 Å². The Morgan fingerprint density at radius 2 is 1.89 bits per heavy atom. The molecule has 13 heteroatoms. The standard InChI is InChI=1S/C25H29F3N6O3S/c1-6-16-12-17(23(35)33-37-4)9-10-20(16)31-24-30-14-19(25(26,27)28)22(32-24)29-13-18-8-7-15(2)11-21(18)34(3)38(5)36/h7-12,14H,6,13H2,1-5H3,(H,33,35)(H2,29,30,31,32). The molecule has 3 N–H and O–H groups in total. The highest BCUT2D eigenvalue weighted by atomic mass is 32.2. The lowest BCUT2D eigenvalue weighted by atomic mass is 10.1. The molecule has 2 aromatic carbocycles. The highest BCUT2D eigenvalue weighted by Gasteiger charge is 2.35. The van der Waals surface area contributed by atoms with Gasteiger partial charge in [0.2, 0.25) is 5.95 Å². The van der Waals surface area contributed by atoms with Gasteiger partial charge in [0.05, 0.1) is 12.8 Å². The van der Waals surface area contributed by atoms with Gasteiger partial charge in [-0.25, -0.2) is 14.7 Å². The summed E-state index contributed by atoms with van der Waals surface area (Å²) in [5, 5.41) is 5.73. The lowest BCUT2D eigenvalue weighted by Crippen LogP contribution is -2.22. The molecule has 0 aliphatic rings. The minimum atomic E-state index is -4.69. The van der Waals surface area contributed by atoms with E-state index in [1.807, 2.05) is 26.0 Å². The molecule has 1 heterocycles. The number of hydrogen-bond acceptors (Lipinski definition) is 7. The van der Waals surface area contributed by atoms with Crippen LogP contribution in [0.15, 0.2) is 42.6 Å². The number of nitrogens with one attached hydrogen (secondary N) is 3. The predicted molar refractivity (Wildman–Crippen MR) is 142 cm³/mol. The zero-order valence-electron chi connectivity index (χ0n) is 21.6. The molecule has 3 rings (SSSR count). The van der Waals surface area contributed by atoms with Gasteiger partial charge >= 0.3 is 6.18 Å². The van der Waals surface area contributed by atoms with E-state index < -0.39 is 34.5 Å². The van der Waals surface area contributed by atoms with Crippen LogP contribution in [-0.2, 0) is 35.0 Å². The summed E-state index contributed by atoms with van der Waals surface area (Å²) in [6.07, 6.45) is -1.92. The van der Waals surface area contributed by atoms with E-state index in [4.69, 9.17) is 0 Å². The van der Waals surface area contributed by atoms with Crippen LogP contribution in [0.2, 0.25) is 0 Å². The fourth-order valence-electron chi connectivity index (χ4n) is 3.64. The molecular formula is C25H29F3N6O3S. The van der Waals surface area contributed by atoms with Crippen LogP contribution < -0.4 is 20.4 Å². The summed E-state index contributed by atoms with van der Waals surface area (Å²) in [5.41, 5.74) is 5.04. The maximum absolute atomic E-state index is 13.8. The number of alkyl halides is 3. The molecule has 1 aromatic heterocycles. The molecule has 0 radical (unpaired) electrons. The minimum absolute atomic E-state index is 0.000203. The van der Waals surface area contributed by atoms with Crippen molar-refractivity contribution in [3.05, 3.63) is 70.4 Å². The molecule has 0 aliphatic carbocycles. The van der Waals surface area contributed by atoms with Crippen molar-refractivity contribution in [2.75, 3.05) is 35.4 Å². The molecule has 1 atom stereocenters. The highest BCUT2D eigenvalue weighted by Crippen LogP contribution is 2.35. The number of hydrogen-bond donors (Lipinski definition) is 3. The third-order valence-corrected chi connectivity index (χ3v) is 6.66. The number of anilines is 4. The number of rotatable bonds is 10. The highest BCUT2D eigenvalue weighted by molar-refractivity contribution is 7.85. The Hall–Kier alpha value is -3.71. The van der Waals surface area contributed by atoms with Crippen molar-refractivity contribution >= 4 is 40.0 Å². The van der Waals surface area contributed by atoms with Crippen LogP contribution in [-0.4, -0.2) is 40.5 Å². The Morgan fingerprint density at radius 1 is 1.16 bits per heavy atom. The molecule has 0 saturated carbocycles. The first kappa shape index (κ1) is 28.9. The Balaban J connectivity index is 1.93. The van der Waals surface area contributed by atoms with Gasteiger partial charge in [0.15, 0.2) is 0 Å². The van der Waals surface area contributed by atoms with E-state index in [-0.39, 0.29) is 12.5 Å². The first-order valence-electron chi connectivity index (χ1n) is 11.5. The summed E-state index contributed by atoms with van der Waals surface area (Å²) in [7, 11) is 1.65. The van der Waals surface area contributed by atoms with Crippen molar-refractivity contribution in [3.8, 4) is 0 Å². The summed E-state index contributed by atoms with van der Waals surface area (Å²) in [5.74, 6) is -0.893. The van der Waals surface area contributed by atoms with E-state index in [9.17, 15) is 22.2 Å². The Bertz CT molecular complexity index is 1340. The maximum Gasteiger partial charge on any atom is 0.421 e. The van der Waals surface area contributed by atoms with E-state index >= 15 is 0 Å². The lowest BCUT2D eigenvalue weighted by Gasteiger charge is -2.21. The summed E-state index contributed by atoms with van der Waals surface area (Å²) in [6, 6.07) is 10.2. The van der Waals surface area contributed by atoms with Crippen LogP contribution in [0, 0.1) is 6.92 Å². The predicted octanol–water partition coefficient (Wildman–Crippen LogP) is 4.74. The molecule has 0 fully saturated rings. The smallest absolute Gasteiger partial charge is 0.365 e. The van der Waals surface area contributed by atoms with Crippen LogP contribution in [0.4, 0.5) is 36.3 Å². The number of carbonyl (C=O) groups excluding carboxylic acids is 1. The van der Waals surface area contributed by atoms with Crippen LogP contribution >= 0.6 is 0 Å². The van der Waals surface area contributed by atoms with E-state index in [1.165, 1.54) is 13.4 Å². The van der Waals surface area contributed by atoms with Gasteiger partial charge in [-0.05, 0) is 54.3 Å². The van der Waals surface area contributed by atoms with Gasteiger partial charge in [0, 0.05) is 37.3 Å². The number of carbonyl (C=O) groups is 1. The number of nitrogens with zero attached hydrogens (tertiary/aromatic N) is 3. The van der Waals surface area contributed by atoms with E-state index in [0.717, 1.165) is 11.1 Å².